The van der Waals surface area contributed by atoms with E-state index in [0.717, 1.165) is 25.0 Å². The number of anilines is 1. The number of nitrogens with one attached hydrogen (secondary N) is 1. The van der Waals surface area contributed by atoms with Crippen LogP contribution in [0, 0.1) is 0 Å². The van der Waals surface area contributed by atoms with Gasteiger partial charge in [-0.3, -0.25) is 4.79 Å². The Morgan fingerprint density at radius 1 is 1.21 bits per heavy atom. The summed E-state index contributed by atoms with van der Waals surface area (Å²) in [6.45, 7) is 0.284. The summed E-state index contributed by atoms with van der Waals surface area (Å²) in [5.74, 6) is 0.285. The molecule has 0 bridgehead atoms. The first-order chi connectivity index (χ1) is 18.7. The van der Waals surface area contributed by atoms with Crippen molar-refractivity contribution in [1.82, 2.24) is 19.9 Å². The van der Waals surface area contributed by atoms with Crippen LogP contribution in [-0.2, 0) is 15.7 Å². The Balaban J connectivity index is 1.48. The van der Waals surface area contributed by atoms with Gasteiger partial charge in [0.2, 0.25) is 17.6 Å². The number of piperidine rings is 1. The van der Waals surface area contributed by atoms with Crippen LogP contribution in [0.5, 0.6) is 0 Å². The molecule has 1 N–H and O–H groups in total. The summed E-state index contributed by atoms with van der Waals surface area (Å²) in [6.07, 6.45) is -2.36. The first-order valence-corrected chi connectivity index (χ1v) is 12.6. The lowest BCUT2D eigenvalue weighted by Crippen LogP contribution is -2.48. The number of likely N-dealkylation sites (tertiary alicyclic amines) is 1. The first kappa shape index (κ1) is 28.4. The molecular formula is C26H27ClF3N5O4. The minimum absolute atomic E-state index is 0.0406. The van der Waals surface area contributed by atoms with E-state index in [1.165, 1.54) is 24.1 Å². The molecule has 2 aromatic carbocycles. The number of nitrogens with zero attached hydrogens (tertiary/aromatic N) is 4. The number of halogens is 4. The molecule has 1 aromatic heterocycles. The average molecular weight is 566 g/mol. The van der Waals surface area contributed by atoms with Gasteiger partial charge in [-0.25, -0.2) is 4.79 Å². The Morgan fingerprint density at radius 2 is 1.97 bits per heavy atom. The molecule has 0 saturated carbocycles. The monoisotopic (exact) mass is 565 g/mol. The predicted octanol–water partition coefficient (Wildman–Crippen LogP) is 5.64. The Bertz CT molecular complexity index is 1290. The molecule has 39 heavy (non-hydrogen) atoms. The summed E-state index contributed by atoms with van der Waals surface area (Å²) in [4.78, 5) is 33.7. The zero-order chi connectivity index (χ0) is 28.0. The Hall–Kier alpha value is -3.64. The predicted molar refractivity (Wildman–Crippen MR) is 137 cm³/mol. The highest BCUT2D eigenvalue weighted by Crippen LogP contribution is 2.32. The molecule has 2 heterocycles. The van der Waals surface area contributed by atoms with Gasteiger partial charge in [0.1, 0.15) is 12.6 Å². The van der Waals surface area contributed by atoms with Crippen molar-refractivity contribution >= 4 is 29.2 Å². The molecule has 1 saturated heterocycles. The number of amides is 3. The van der Waals surface area contributed by atoms with Gasteiger partial charge in [-0.15, -0.1) is 0 Å². The minimum atomic E-state index is -4.56. The maximum absolute atomic E-state index is 13.4. The smallest absolute Gasteiger partial charge is 0.383 e. The van der Waals surface area contributed by atoms with E-state index < -0.39 is 23.8 Å². The third-order valence-electron chi connectivity index (χ3n) is 6.27. The summed E-state index contributed by atoms with van der Waals surface area (Å²) in [5.41, 5.74) is -0.227. The Kier molecular flexibility index (Phi) is 9.08. The van der Waals surface area contributed by atoms with Crippen molar-refractivity contribution in [2.45, 2.75) is 31.5 Å². The molecule has 1 atom stereocenters. The maximum Gasteiger partial charge on any atom is 0.416 e. The van der Waals surface area contributed by atoms with Crippen molar-refractivity contribution in [2.75, 3.05) is 38.7 Å². The van der Waals surface area contributed by atoms with E-state index in [2.05, 4.69) is 15.5 Å². The van der Waals surface area contributed by atoms with E-state index in [9.17, 15) is 22.8 Å². The van der Waals surface area contributed by atoms with Crippen molar-refractivity contribution in [1.29, 1.82) is 0 Å². The van der Waals surface area contributed by atoms with E-state index >= 15 is 0 Å². The van der Waals surface area contributed by atoms with Crippen molar-refractivity contribution in [3.8, 4) is 11.4 Å². The quantitative estimate of drug-likeness (QED) is 0.379. The van der Waals surface area contributed by atoms with Crippen molar-refractivity contribution < 1.29 is 32.0 Å². The van der Waals surface area contributed by atoms with Crippen LogP contribution in [0.15, 0.2) is 53.1 Å². The summed E-state index contributed by atoms with van der Waals surface area (Å²) in [6, 6.07) is 10.0. The summed E-state index contributed by atoms with van der Waals surface area (Å²) in [7, 11) is 1.44. The van der Waals surface area contributed by atoms with Gasteiger partial charge in [0.05, 0.1) is 12.2 Å². The molecule has 1 unspecified atom stereocenters. The SMILES string of the molecule is COCCN(CC(=O)N1CCCCC1c1nc(-c2ccc(Cl)cc2)no1)C(=O)Nc1cccc(C(F)(F)F)c1. The molecule has 0 spiro atoms. The molecule has 0 aliphatic carbocycles. The fourth-order valence-corrected chi connectivity index (χ4v) is 4.38. The van der Waals surface area contributed by atoms with Gasteiger partial charge >= 0.3 is 12.2 Å². The topological polar surface area (TPSA) is 101 Å². The highest BCUT2D eigenvalue weighted by atomic mass is 35.5. The van der Waals surface area contributed by atoms with Crippen molar-refractivity contribution in [2.24, 2.45) is 0 Å². The van der Waals surface area contributed by atoms with E-state index in [0.29, 0.717) is 29.4 Å². The number of hydrogen-bond acceptors (Lipinski definition) is 6. The standard InChI is InChI=1S/C26H27ClF3N5O4/c1-38-14-13-34(25(37)31-20-6-4-5-18(15-20)26(28,29)30)16-22(36)35-12-3-2-7-21(35)24-32-23(33-39-24)17-8-10-19(27)11-9-17/h4-6,8-11,15,21H,2-3,7,12-14,16H2,1H3,(H,31,37). The number of carbonyl (C=O) groups excluding carboxylic acids is 2. The molecular weight excluding hydrogens is 539 g/mol. The third kappa shape index (κ3) is 7.27. The largest absolute Gasteiger partial charge is 0.416 e. The number of alkyl halides is 3. The fourth-order valence-electron chi connectivity index (χ4n) is 4.26. The van der Waals surface area contributed by atoms with E-state index in [1.54, 1.807) is 29.2 Å². The van der Waals surface area contributed by atoms with Gasteiger partial charge in [-0.2, -0.15) is 18.2 Å². The first-order valence-electron chi connectivity index (χ1n) is 12.3. The number of rotatable bonds is 8. The molecule has 1 aliphatic rings. The molecule has 208 valence electrons. The van der Waals surface area contributed by atoms with Gasteiger partial charge < -0.3 is 24.4 Å². The number of carbonyl (C=O) groups is 2. The van der Waals surface area contributed by atoms with Crippen LogP contribution in [-0.4, -0.2) is 65.2 Å². The van der Waals surface area contributed by atoms with E-state index in [-0.39, 0.29) is 37.2 Å². The second kappa shape index (κ2) is 12.5. The molecule has 4 rings (SSSR count). The van der Waals surface area contributed by atoms with E-state index in [1.807, 2.05) is 0 Å². The van der Waals surface area contributed by atoms with Gasteiger partial charge in [0, 0.05) is 36.5 Å². The molecule has 1 fully saturated rings. The lowest BCUT2D eigenvalue weighted by atomic mass is 10.0. The average Bonchev–Trinajstić information content (AvgIpc) is 3.41. The molecule has 9 nitrogen and oxygen atoms in total. The highest BCUT2D eigenvalue weighted by Gasteiger charge is 2.34. The maximum atomic E-state index is 13.4. The number of aromatic nitrogens is 2. The van der Waals surface area contributed by atoms with Crippen LogP contribution in [0.25, 0.3) is 11.4 Å². The molecule has 0 radical (unpaired) electrons. The van der Waals surface area contributed by atoms with Crippen LogP contribution in [0.3, 0.4) is 0 Å². The summed E-state index contributed by atoms with van der Waals surface area (Å²) in [5, 5.41) is 7.07. The van der Waals surface area contributed by atoms with Gasteiger partial charge in [-0.1, -0.05) is 22.8 Å². The second-order valence-electron chi connectivity index (χ2n) is 8.98. The number of benzene rings is 2. The lowest BCUT2D eigenvalue weighted by molar-refractivity contribution is -0.137. The van der Waals surface area contributed by atoms with Gasteiger partial charge in [0.25, 0.3) is 0 Å². The summed E-state index contributed by atoms with van der Waals surface area (Å²) < 4.78 is 49.8. The van der Waals surface area contributed by atoms with Gasteiger partial charge in [0.15, 0.2) is 0 Å². The zero-order valence-electron chi connectivity index (χ0n) is 21.1. The number of methoxy groups -OCH3 is 1. The zero-order valence-corrected chi connectivity index (χ0v) is 21.8. The third-order valence-corrected chi connectivity index (χ3v) is 6.52. The minimum Gasteiger partial charge on any atom is -0.383 e. The number of urea groups is 1. The molecule has 3 aromatic rings. The fraction of sp³-hybridized carbons (Fsp3) is 0.385. The Morgan fingerprint density at radius 3 is 2.69 bits per heavy atom. The summed E-state index contributed by atoms with van der Waals surface area (Å²) >= 11 is 5.95. The van der Waals surface area contributed by atoms with Crippen molar-refractivity contribution in [3.63, 3.8) is 0 Å². The van der Waals surface area contributed by atoms with E-state index in [4.69, 9.17) is 20.9 Å². The van der Waals surface area contributed by atoms with Crippen LogP contribution >= 0.6 is 11.6 Å². The number of hydrogen-bond donors (Lipinski definition) is 1. The Labute approximate surface area is 227 Å². The van der Waals surface area contributed by atoms with Crippen LogP contribution in [0.2, 0.25) is 5.02 Å². The van der Waals surface area contributed by atoms with Crippen molar-refractivity contribution in [3.05, 3.63) is 65.0 Å². The van der Waals surface area contributed by atoms with Crippen LogP contribution < -0.4 is 5.32 Å². The number of ether oxygens (including phenoxy) is 1. The molecule has 13 heteroatoms. The normalized spacial score (nSPS) is 15.7. The van der Waals surface area contributed by atoms with Crippen LogP contribution in [0.4, 0.5) is 23.7 Å². The molecule has 1 aliphatic heterocycles. The van der Waals surface area contributed by atoms with Gasteiger partial charge in [-0.05, 0) is 61.7 Å². The lowest BCUT2D eigenvalue weighted by Gasteiger charge is -2.35. The highest BCUT2D eigenvalue weighted by molar-refractivity contribution is 6.30. The second-order valence-corrected chi connectivity index (χ2v) is 9.42. The molecule has 3 amide bonds. The van der Waals surface area contributed by atoms with Crippen LogP contribution in [0.1, 0.15) is 36.8 Å².